The predicted octanol–water partition coefficient (Wildman–Crippen LogP) is 3.43. The number of nitrogens with zero attached hydrogens (tertiary/aromatic N) is 1. The number of rotatable bonds is 4. The van der Waals surface area contributed by atoms with Crippen LogP contribution >= 0.6 is 11.6 Å². The first kappa shape index (κ1) is 13.9. The fraction of sp³-hybridized carbons (Fsp3) is 0.600. The molecule has 2 nitrogen and oxygen atoms in total. The van der Waals surface area contributed by atoms with E-state index in [9.17, 15) is 0 Å². The predicted molar refractivity (Wildman–Crippen MR) is 77.8 cm³/mol. The van der Waals surface area contributed by atoms with Gasteiger partial charge in [-0.05, 0) is 37.6 Å². The standard InChI is InChI=1S/C15H23ClN2/c1-18(11-13-5-7-14(16)8-6-13)15(12-17)9-3-2-4-10-15/h5-8H,2-4,9-12,17H2,1H3. The highest BCUT2D eigenvalue weighted by atomic mass is 35.5. The van der Waals surface area contributed by atoms with Crippen LogP contribution in [-0.2, 0) is 6.54 Å². The van der Waals surface area contributed by atoms with Gasteiger partial charge in [-0.15, -0.1) is 0 Å². The fourth-order valence-electron chi connectivity index (χ4n) is 2.98. The van der Waals surface area contributed by atoms with Crippen LogP contribution in [0.25, 0.3) is 0 Å². The zero-order chi connectivity index (χ0) is 13.0. The number of halogens is 1. The second-order valence-electron chi connectivity index (χ2n) is 5.47. The second kappa shape index (κ2) is 6.05. The van der Waals surface area contributed by atoms with Crippen molar-refractivity contribution < 1.29 is 0 Å². The molecule has 0 radical (unpaired) electrons. The van der Waals surface area contributed by atoms with Gasteiger partial charge >= 0.3 is 0 Å². The van der Waals surface area contributed by atoms with Gasteiger partial charge in [0.25, 0.3) is 0 Å². The van der Waals surface area contributed by atoms with Gasteiger partial charge in [0, 0.05) is 23.7 Å². The molecule has 100 valence electrons. The molecule has 2 N–H and O–H groups in total. The Kier molecular flexibility index (Phi) is 4.66. The molecule has 1 saturated carbocycles. The molecule has 0 unspecified atom stereocenters. The number of hydrogen-bond donors (Lipinski definition) is 1. The zero-order valence-corrected chi connectivity index (χ0v) is 11.9. The summed E-state index contributed by atoms with van der Waals surface area (Å²) in [6.07, 6.45) is 6.43. The minimum atomic E-state index is 0.206. The van der Waals surface area contributed by atoms with E-state index in [1.54, 1.807) is 0 Å². The first-order valence-electron chi connectivity index (χ1n) is 6.82. The van der Waals surface area contributed by atoms with Crippen LogP contribution in [0, 0.1) is 0 Å². The summed E-state index contributed by atoms with van der Waals surface area (Å²) in [5, 5.41) is 0.799. The van der Waals surface area contributed by atoms with Crippen molar-refractivity contribution in [2.75, 3.05) is 13.6 Å². The molecule has 0 aromatic heterocycles. The van der Waals surface area contributed by atoms with Crippen LogP contribution in [0.3, 0.4) is 0 Å². The average Bonchev–Trinajstić information content (AvgIpc) is 2.42. The van der Waals surface area contributed by atoms with Crippen LogP contribution in [0.4, 0.5) is 0 Å². The molecule has 1 aliphatic rings. The third-order valence-electron chi connectivity index (χ3n) is 4.31. The molecule has 1 aromatic carbocycles. The van der Waals surface area contributed by atoms with Crippen molar-refractivity contribution in [3.05, 3.63) is 34.9 Å². The molecule has 0 aliphatic heterocycles. The molecule has 1 aliphatic carbocycles. The van der Waals surface area contributed by atoms with Crippen LogP contribution in [-0.4, -0.2) is 24.0 Å². The molecule has 0 saturated heterocycles. The lowest BCUT2D eigenvalue weighted by Crippen LogP contribution is -2.52. The molecule has 18 heavy (non-hydrogen) atoms. The minimum Gasteiger partial charge on any atom is -0.329 e. The highest BCUT2D eigenvalue weighted by Gasteiger charge is 2.34. The Balaban J connectivity index is 2.05. The minimum absolute atomic E-state index is 0.206. The second-order valence-corrected chi connectivity index (χ2v) is 5.91. The summed E-state index contributed by atoms with van der Waals surface area (Å²) in [4.78, 5) is 2.44. The van der Waals surface area contributed by atoms with Gasteiger partial charge in [0.05, 0.1) is 0 Å². The molecule has 1 aromatic rings. The lowest BCUT2D eigenvalue weighted by atomic mass is 9.80. The SMILES string of the molecule is CN(Cc1ccc(Cl)cc1)C1(CN)CCCCC1. The van der Waals surface area contributed by atoms with Crippen LogP contribution in [0.5, 0.6) is 0 Å². The summed E-state index contributed by atoms with van der Waals surface area (Å²) in [6.45, 7) is 1.71. The van der Waals surface area contributed by atoms with Crippen LogP contribution in [0.2, 0.25) is 5.02 Å². The molecule has 0 amide bonds. The fourth-order valence-corrected chi connectivity index (χ4v) is 3.11. The first-order chi connectivity index (χ1) is 8.66. The third-order valence-corrected chi connectivity index (χ3v) is 4.56. The molecule has 0 atom stereocenters. The van der Waals surface area contributed by atoms with Crippen LogP contribution < -0.4 is 5.73 Å². The number of likely N-dealkylation sites (N-methyl/N-ethyl adjacent to an activating group) is 1. The topological polar surface area (TPSA) is 29.3 Å². The van der Waals surface area contributed by atoms with E-state index in [1.165, 1.54) is 37.7 Å². The average molecular weight is 267 g/mol. The van der Waals surface area contributed by atoms with Crippen molar-refractivity contribution in [1.82, 2.24) is 4.90 Å². The summed E-state index contributed by atoms with van der Waals surface area (Å²) in [5.41, 5.74) is 7.57. The summed E-state index contributed by atoms with van der Waals surface area (Å²) >= 11 is 5.92. The van der Waals surface area contributed by atoms with Gasteiger partial charge in [-0.25, -0.2) is 0 Å². The maximum Gasteiger partial charge on any atom is 0.0406 e. The highest BCUT2D eigenvalue weighted by Crippen LogP contribution is 2.33. The smallest absolute Gasteiger partial charge is 0.0406 e. The largest absolute Gasteiger partial charge is 0.329 e. The summed E-state index contributed by atoms with van der Waals surface area (Å²) < 4.78 is 0. The lowest BCUT2D eigenvalue weighted by molar-refractivity contribution is 0.0758. The molecule has 3 heteroatoms. The Morgan fingerprint density at radius 3 is 2.33 bits per heavy atom. The molecule has 0 heterocycles. The number of benzene rings is 1. The summed E-state index contributed by atoms with van der Waals surface area (Å²) in [5.74, 6) is 0. The van der Waals surface area contributed by atoms with Crippen LogP contribution in [0.15, 0.2) is 24.3 Å². The molecular weight excluding hydrogens is 244 g/mol. The van der Waals surface area contributed by atoms with Gasteiger partial charge in [0.15, 0.2) is 0 Å². The van der Waals surface area contributed by atoms with Gasteiger partial charge < -0.3 is 5.73 Å². The van der Waals surface area contributed by atoms with E-state index in [0.29, 0.717) is 0 Å². The van der Waals surface area contributed by atoms with Crippen molar-refractivity contribution >= 4 is 11.6 Å². The molecule has 0 spiro atoms. The van der Waals surface area contributed by atoms with Crippen molar-refractivity contribution in [2.45, 2.75) is 44.2 Å². The van der Waals surface area contributed by atoms with Gasteiger partial charge in [-0.2, -0.15) is 0 Å². The quantitative estimate of drug-likeness (QED) is 0.905. The Bertz CT molecular complexity index is 369. The van der Waals surface area contributed by atoms with Gasteiger partial charge in [-0.1, -0.05) is 43.0 Å². The van der Waals surface area contributed by atoms with Crippen molar-refractivity contribution in [3.63, 3.8) is 0 Å². The molecule has 0 bridgehead atoms. The van der Waals surface area contributed by atoms with Crippen LogP contribution in [0.1, 0.15) is 37.7 Å². The summed E-state index contributed by atoms with van der Waals surface area (Å²) in [7, 11) is 2.20. The van der Waals surface area contributed by atoms with E-state index >= 15 is 0 Å². The van der Waals surface area contributed by atoms with E-state index < -0.39 is 0 Å². The zero-order valence-electron chi connectivity index (χ0n) is 11.2. The van der Waals surface area contributed by atoms with Crippen molar-refractivity contribution in [3.8, 4) is 0 Å². The molecular formula is C15H23ClN2. The van der Waals surface area contributed by atoms with E-state index in [4.69, 9.17) is 17.3 Å². The Hall–Kier alpha value is -0.570. The highest BCUT2D eigenvalue weighted by molar-refractivity contribution is 6.30. The summed E-state index contributed by atoms with van der Waals surface area (Å²) in [6, 6.07) is 8.12. The monoisotopic (exact) mass is 266 g/mol. The lowest BCUT2D eigenvalue weighted by Gasteiger charge is -2.44. The maximum absolute atomic E-state index is 6.05. The maximum atomic E-state index is 6.05. The van der Waals surface area contributed by atoms with Crippen molar-refractivity contribution in [2.24, 2.45) is 5.73 Å². The van der Waals surface area contributed by atoms with Gasteiger partial charge in [-0.3, -0.25) is 4.90 Å². The number of hydrogen-bond acceptors (Lipinski definition) is 2. The van der Waals surface area contributed by atoms with E-state index in [1.807, 2.05) is 12.1 Å². The van der Waals surface area contributed by atoms with E-state index in [-0.39, 0.29) is 5.54 Å². The molecule has 1 fully saturated rings. The third kappa shape index (κ3) is 3.05. The van der Waals surface area contributed by atoms with E-state index in [0.717, 1.165) is 18.1 Å². The van der Waals surface area contributed by atoms with Crippen molar-refractivity contribution in [1.29, 1.82) is 0 Å². The Morgan fingerprint density at radius 1 is 1.17 bits per heavy atom. The van der Waals surface area contributed by atoms with Gasteiger partial charge in [0.1, 0.15) is 0 Å². The number of nitrogens with two attached hydrogens (primary N) is 1. The first-order valence-corrected chi connectivity index (χ1v) is 7.20. The normalized spacial score (nSPS) is 19.1. The Morgan fingerprint density at radius 2 is 1.78 bits per heavy atom. The van der Waals surface area contributed by atoms with Gasteiger partial charge in [0.2, 0.25) is 0 Å². The molecule has 2 rings (SSSR count). The Labute approximate surface area is 115 Å². The van der Waals surface area contributed by atoms with E-state index in [2.05, 4.69) is 24.1 Å².